The second-order valence-corrected chi connectivity index (χ2v) is 7.50. The van der Waals surface area contributed by atoms with Gasteiger partial charge < -0.3 is 9.64 Å². The van der Waals surface area contributed by atoms with E-state index in [1.807, 2.05) is 59.7 Å². The number of carbonyl (C=O) groups excluding carboxylic acids is 1. The number of thiazole rings is 1. The van der Waals surface area contributed by atoms with E-state index in [4.69, 9.17) is 4.74 Å². The SMILES string of the molecule is Cc1csc(COc2ccc(C(=O)N3c4ccccc4CC3C)cc2)n1. The van der Waals surface area contributed by atoms with E-state index in [1.54, 1.807) is 11.3 Å². The highest BCUT2D eigenvalue weighted by Crippen LogP contribution is 2.33. The van der Waals surface area contributed by atoms with Gasteiger partial charge in [0.15, 0.2) is 0 Å². The van der Waals surface area contributed by atoms with Crippen molar-refractivity contribution in [2.45, 2.75) is 32.9 Å². The average Bonchev–Trinajstić information content (AvgIpc) is 3.22. The van der Waals surface area contributed by atoms with Gasteiger partial charge in [0.25, 0.3) is 5.91 Å². The Bertz CT molecular complexity index is 933. The van der Waals surface area contributed by atoms with Crippen LogP contribution in [0.3, 0.4) is 0 Å². The summed E-state index contributed by atoms with van der Waals surface area (Å²) < 4.78 is 5.77. The molecule has 1 aromatic heterocycles. The van der Waals surface area contributed by atoms with Crippen molar-refractivity contribution in [1.82, 2.24) is 4.98 Å². The number of fused-ring (bicyclic) bond motifs is 1. The van der Waals surface area contributed by atoms with Gasteiger partial charge in [-0.25, -0.2) is 4.98 Å². The molecule has 0 spiro atoms. The number of ether oxygens (including phenoxy) is 1. The quantitative estimate of drug-likeness (QED) is 0.678. The van der Waals surface area contributed by atoms with Gasteiger partial charge in [-0.3, -0.25) is 4.79 Å². The largest absolute Gasteiger partial charge is 0.486 e. The van der Waals surface area contributed by atoms with Crippen LogP contribution >= 0.6 is 11.3 Å². The molecule has 2 aromatic carbocycles. The lowest BCUT2D eigenvalue weighted by atomic mass is 10.1. The van der Waals surface area contributed by atoms with Crippen molar-refractivity contribution in [1.29, 1.82) is 0 Å². The number of anilines is 1. The molecular weight excluding hydrogens is 344 g/mol. The van der Waals surface area contributed by atoms with Gasteiger partial charge in [-0.05, 0) is 56.2 Å². The lowest BCUT2D eigenvalue weighted by Crippen LogP contribution is -2.35. The molecule has 0 bridgehead atoms. The minimum atomic E-state index is 0.0320. The lowest BCUT2D eigenvalue weighted by molar-refractivity contribution is 0.0981. The van der Waals surface area contributed by atoms with E-state index in [0.29, 0.717) is 12.2 Å². The summed E-state index contributed by atoms with van der Waals surface area (Å²) in [5.74, 6) is 0.772. The fourth-order valence-electron chi connectivity index (χ4n) is 3.32. The number of hydrogen-bond acceptors (Lipinski definition) is 4. The normalized spacial score (nSPS) is 15.8. The van der Waals surface area contributed by atoms with E-state index < -0.39 is 0 Å². The van der Waals surface area contributed by atoms with Crippen molar-refractivity contribution in [2.75, 3.05) is 4.90 Å². The van der Waals surface area contributed by atoms with Gasteiger partial charge in [0.2, 0.25) is 0 Å². The molecule has 0 aliphatic carbocycles. The van der Waals surface area contributed by atoms with E-state index in [-0.39, 0.29) is 11.9 Å². The van der Waals surface area contributed by atoms with Crippen LogP contribution < -0.4 is 9.64 Å². The Balaban J connectivity index is 1.47. The highest BCUT2D eigenvalue weighted by molar-refractivity contribution is 7.09. The molecule has 1 amide bonds. The summed E-state index contributed by atoms with van der Waals surface area (Å²) in [6, 6.07) is 15.6. The van der Waals surface area contributed by atoms with Crippen molar-refractivity contribution in [3.63, 3.8) is 0 Å². The Morgan fingerprint density at radius 1 is 1.23 bits per heavy atom. The predicted octanol–water partition coefficient (Wildman–Crippen LogP) is 4.62. The number of carbonyl (C=O) groups is 1. The average molecular weight is 364 g/mol. The van der Waals surface area contributed by atoms with Crippen LogP contribution in [0.25, 0.3) is 0 Å². The van der Waals surface area contributed by atoms with E-state index >= 15 is 0 Å². The number of nitrogens with zero attached hydrogens (tertiary/aromatic N) is 2. The summed E-state index contributed by atoms with van der Waals surface area (Å²) >= 11 is 1.59. The number of benzene rings is 2. The molecular formula is C21H20N2O2S. The Hall–Kier alpha value is -2.66. The molecule has 132 valence electrons. The minimum absolute atomic E-state index is 0.0320. The van der Waals surface area contributed by atoms with E-state index in [0.717, 1.165) is 28.6 Å². The monoisotopic (exact) mass is 364 g/mol. The molecule has 4 nitrogen and oxygen atoms in total. The Labute approximate surface area is 157 Å². The molecule has 0 saturated heterocycles. The number of aromatic nitrogens is 1. The molecule has 0 radical (unpaired) electrons. The first-order chi connectivity index (χ1) is 12.6. The highest BCUT2D eigenvalue weighted by Gasteiger charge is 2.31. The maximum Gasteiger partial charge on any atom is 0.258 e. The van der Waals surface area contributed by atoms with Gasteiger partial charge in [0, 0.05) is 28.4 Å². The third kappa shape index (κ3) is 3.22. The first-order valence-electron chi connectivity index (χ1n) is 8.67. The van der Waals surface area contributed by atoms with Crippen LogP contribution in [-0.4, -0.2) is 16.9 Å². The van der Waals surface area contributed by atoms with Crippen LogP contribution in [0, 0.1) is 6.92 Å². The number of aryl methyl sites for hydroxylation is 1. The number of rotatable bonds is 4. The molecule has 3 aromatic rings. The van der Waals surface area contributed by atoms with E-state index in [1.165, 1.54) is 5.56 Å². The zero-order chi connectivity index (χ0) is 18.1. The van der Waals surface area contributed by atoms with Crippen LogP contribution in [0.15, 0.2) is 53.9 Å². The standard InChI is InChI=1S/C21H20N2O2S/c1-14-13-26-20(22-14)12-25-18-9-7-16(8-10-18)21(24)23-15(2)11-17-5-3-4-6-19(17)23/h3-10,13,15H,11-12H2,1-2H3. The third-order valence-electron chi connectivity index (χ3n) is 4.56. The summed E-state index contributed by atoms with van der Waals surface area (Å²) in [6.07, 6.45) is 0.899. The molecule has 5 heteroatoms. The molecule has 4 rings (SSSR count). The summed E-state index contributed by atoms with van der Waals surface area (Å²) in [5, 5.41) is 2.96. The van der Waals surface area contributed by atoms with Crippen LogP contribution in [0.5, 0.6) is 5.75 Å². The van der Waals surface area contributed by atoms with Gasteiger partial charge in [-0.2, -0.15) is 0 Å². The Morgan fingerprint density at radius 2 is 2.00 bits per heavy atom. The van der Waals surface area contributed by atoms with Crippen LogP contribution in [0.4, 0.5) is 5.69 Å². The number of amides is 1. The fourth-order valence-corrected chi connectivity index (χ4v) is 4.00. The van der Waals surface area contributed by atoms with Crippen LogP contribution in [0.2, 0.25) is 0 Å². The third-order valence-corrected chi connectivity index (χ3v) is 5.50. The first-order valence-corrected chi connectivity index (χ1v) is 9.55. The minimum Gasteiger partial charge on any atom is -0.486 e. The van der Waals surface area contributed by atoms with Gasteiger partial charge >= 0.3 is 0 Å². The highest BCUT2D eigenvalue weighted by atomic mass is 32.1. The molecule has 1 aliphatic heterocycles. The Morgan fingerprint density at radius 3 is 2.73 bits per heavy atom. The van der Waals surface area contributed by atoms with Crippen molar-refractivity contribution < 1.29 is 9.53 Å². The van der Waals surface area contributed by atoms with Crippen LogP contribution in [-0.2, 0) is 13.0 Å². The summed E-state index contributed by atoms with van der Waals surface area (Å²) in [4.78, 5) is 19.3. The second-order valence-electron chi connectivity index (χ2n) is 6.55. The number of para-hydroxylation sites is 1. The van der Waals surface area contributed by atoms with Gasteiger partial charge in [-0.15, -0.1) is 11.3 Å². The van der Waals surface area contributed by atoms with Gasteiger partial charge in [-0.1, -0.05) is 18.2 Å². The van der Waals surface area contributed by atoms with Gasteiger partial charge in [0.1, 0.15) is 17.4 Å². The van der Waals surface area contributed by atoms with E-state index in [9.17, 15) is 4.79 Å². The fraction of sp³-hybridized carbons (Fsp3) is 0.238. The maximum absolute atomic E-state index is 13.0. The van der Waals surface area contributed by atoms with Gasteiger partial charge in [0.05, 0.1) is 0 Å². The molecule has 0 N–H and O–H groups in total. The van der Waals surface area contributed by atoms with Crippen molar-refractivity contribution in [3.05, 3.63) is 75.7 Å². The second kappa shape index (κ2) is 6.92. The van der Waals surface area contributed by atoms with Crippen molar-refractivity contribution in [3.8, 4) is 5.75 Å². The Kier molecular flexibility index (Phi) is 4.47. The molecule has 26 heavy (non-hydrogen) atoms. The molecule has 1 aliphatic rings. The molecule has 0 fully saturated rings. The summed E-state index contributed by atoms with van der Waals surface area (Å²) in [5.41, 5.74) is 3.93. The zero-order valence-corrected chi connectivity index (χ0v) is 15.6. The van der Waals surface area contributed by atoms with Crippen LogP contribution in [0.1, 0.15) is 33.5 Å². The van der Waals surface area contributed by atoms with Crippen molar-refractivity contribution in [2.24, 2.45) is 0 Å². The zero-order valence-electron chi connectivity index (χ0n) is 14.8. The predicted molar refractivity (Wildman–Crippen MR) is 104 cm³/mol. The smallest absolute Gasteiger partial charge is 0.258 e. The first kappa shape index (κ1) is 16.8. The maximum atomic E-state index is 13.0. The van der Waals surface area contributed by atoms with Crippen molar-refractivity contribution >= 4 is 22.9 Å². The molecule has 1 atom stereocenters. The summed E-state index contributed by atoms with van der Waals surface area (Å²) in [7, 11) is 0. The summed E-state index contributed by atoms with van der Waals surface area (Å²) in [6.45, 7) is 4.51. The molecule has 1 unspecified atom stereocenters. The molecule has 0 saturated carbocycles. The number of hydrogen-bond donors (Lipinski definition) is 0. The lowest BCUT2D eigenvalue weighted by Gasteiger charge is -2.23. The van der Waals surface area contributed by atoms with E-state index in [2.05, 4.69) is 18.0 Å². The topological polar surface area (TPSA) is 42.4 Å². The molecule has 2 heterocycles.